The molecule has 1 saturated heterocycles. The van der Waals surface area contributed by atoms with Gasteiger partial charge >= 0.3 is 0 Å². The van der Waals surface area contributed by atoms with E-state index >= 15 is 0 Å². The minimum absolute atomic E-state index is 0.0805. The summed E-state index contributed by atoms with van der Waals surface area (Å²) in [6, 6.07) is 0.491. The van der Waals surface area contributed by atoms with Crippen molar-refractivity contribution < 1.29 is 4.79 Å². The maximum atomic E-state index is 11.9. The van der Waals surface area contributed by atoms with Crippen LogP contribution in [-0.4, -0.2) is 29.5 Å². The van der Waals surface area contributed by atoms with Crippen LogP contribution < -0.4 is 11.1 Å². The molecule has 15 heavy (non-hydrogen) atoms. The smallest absolute Gasteiger partial charge is 0.224 e. The Morgan fingerprint density at radius 3 is 2.73 bits per heavy atom. The van der Waals surface area contributed by atoms with Crippen LogP contribution in [0.15, 0.2) is 0 Å². The van der Waals surface area contributed by atoms with Crippen molar-refractivity contribution in [2.24, 2.45) is 11.7 Å². The third kappa shape index (κ3) is 2.88. The number of carbonyl (C=O) groups excluding carboxylic acids is 1. The van der Waals surface area contributed by atoms with Crippen LogP contribution in [0.25, 0.3) is 0 Å². The molecule has 2 fully saturated rings. The summed E-state index contributed by atoms with van der Waals surface area (Å²) in [6.07, 6.45) is 5.47. The highest BCUT2D eigenvalue weighted by molar-refractivity contribution is 7.99. The van der Waals surface area contributed by atoms with Gasteiger partial charge in [0.05, 0.1) is 5.92 Å². The lowest BCUT2D eigenvalue weighted by Gasteiger charge is -2.25. The van der Waals surface area contributed by atoms with Gasteiger partial charge in [0.15, 0.2) is 0 Å². The van der Waals surface area contributed by atoms with Crippen molar-refractivity contribution in [3.63, 3.8) is 0 Å². The number of hydrogen-bond acceptors (Lipinski definition) is 3. The number of hydrogen-bond donors (Lipinski definition) is 2. The van der Waals surface area contributed by atoms with Crippen LogP contribution in [-0.2, 0) is 4.79 Å². The Bertz CT molecular complexity index is 229. The van der Waals surface area contributed by atoms with E-state index in [1.807, 2.05) is 11.8 Å². The normalized spacial score (nSPS) is 36.5. The minimum Gasteiger partial charge on any atom is -0.352 e. The van der Waals surface area contributed by atoms with Gasteiger partial charge in [-0.15, -0.1) is 0 Å². The second-order valence-corrected chi connectivity index (χ2v) is 5.77. The van der Waals surface area contributed by atoms with Gasteiger partial charge in [-0.3, -0.25) is 4.79 Å². The van der Waals surface area contributed by atoms with Crippen LogP contribution in [0.5, 0.6) is 0 Å². The molecule has 1 amide bonds. The molecule has 86 valence electrons. The third-order valence-electron chi connectivity index (χ3n) is 3.41. The van der Waals surface area contributed by atoms with Crippen LogP contribution in [0, 0.1) is 5.92 Å². The van der Waals surface area contributed by atoms with Gasteiger partial charge in [0.25, 0.3) is 0 Å². The largest absolute Gasteiger partial charge is 0.352 e. The Morgan fingerprint density at radius 1 is 1.27 bits per heavy atom. The zero-order valence-corrected chi connectivity index (χ0v) is 9.89. The van der Waals surface area contributed by atoms with Gasteiger partial charge in [-0.1, -0.05) is 6.42 Å². The zero-order chi connectivity index (χ0) is 10.7. The fraction of sp³-hybridized carbons (Fsp3) is 0.909. The van der Waals surface area contributed by atoms with E-state index in [4.69, 9.17) is 5.73 Å². The number of nitrogens with two attached hydrogens (primary N) is 1. The Kier molecular flexibility index (Phi) is 3.92. The molecule has 2 rings (SSSR count). The number of nitrogens with one attached hydrogen (secondary N) is 1. The predicted octanol–water partition coefficient (Wildman–Crippen LogP) is 1.13. The molecule has 0 radical (unpaired) electrons. The van der Waals surface area contributed by atoms with E-state index < -0.39 is 0 Å². The van der Waals surface area contributed by atoms with Crippen molar-refractivity contribution in [2.45, 2.75) is 44.2 Å². The maximum Gasteiger partial charge on any atom is 0.224 e. The maximum absolute atomic E-state index is 11.9. The first-order chi connectivity index (χ1) is 7.27. The molecule has 0 spiro atoms. The molecule has 1 aliphatic heterocycles. The van der Waals surface area contributed by atoms with E-state index in [0.717, 1.165) is 31.4 Å². The SMILES string of the molecule is NC1CCCC1C(=O)NC1CCCSC1. The van der Waals surface area contributed by atoms with Gasteiger partial charge in [0.2, 0.25) is 5.91 Å². The van der Waals surface area contributed by atoms with Gasteiger partial charge in [-0.2, -0.15) is 11.8 Å². The Hall–Kier alpha value is -0.220. The lowest BCUT2D eigenvalue weighted by atomic mass is 10.0. The van der Waals surface area contributed by atoms with E-state index in [1.165, 1.54) is 12.2 Å². The third-order valence-corrected chi connectivity index (χ3v) is 4.63. The molecule has 0 aromatic carbocycles. The highest BCUT2D eigenvalue weighted by atomic mass is 32.2. The van der Waals surface area contributed by atoms with Crippen LogP contribution in [0.1, 0.15) is 32.1 Å². The van der Waals surface area contributed by atoms with Crippen molar-refractivity contribution in [3.05, 3.63) is 0 Å². The van der Waals surface area contributed by atoms with Crippen molar-refractivity contribution in [3.8, 4) is 0 Å². The fourth-order valence-electron chi connectivity index (χ4n) is 2.48. The summed E-state index contributed by atoms with van der Waals surface area (Å²) in [6.45, 7) is 0. The van der Waals surface area contributed by atoms with Gasteiger partial charge in [0, 0.05) is 17.8 Å². The molecule has 3 nitrogen and oxygen atoms in total. The number of amides is 1. The van der Waals surface area contributed by atoms with Gasteiger partial charge in [-0.25, -0.2) is 0 Å². The molecule has 3 atom stereocenters. The second kappa shape index (κ2) is 5.21. The van der Waals surface area contributed by atoms with E-state index in [-0.39, 0.29) is 17.9 Å². The van der Waals surface area contributed by atoms with Gasteiger partial charge in [0.1, 0.15) is 0 Å². The Balaban J connectivity index is 1.80. The van der Waals surface area contributed by atoms with Gasteiger partial charge in [-0.05, 0) is 31.4 Å². The zero-order valence-electron chi connectivity index (χ0n) is 9.08. The highest BCUT2D eigenvalue weighted by Crippen LogP contribution is 2.25. The molecule has 1 heterocycles. The predicted molar refractivity (Wildman–Crippen MR) is 63.8 cm³/mol. The van der Waals surface area contributed by atoms with Crippen LogP contribution in [0.2, 0.25) is 0 Å². The molecule has 4 heteroatoms. The second-order valence-electron chi connectivity index (χ2n) is 4.62. The molecular formula is C11H20N2OS. The summed E-state index contributed by atoms with van der Waals surface area (Å²) in [5.74, 6) is 2.60. The first kappa shape index (κ1) is 11.3. The summed E-state index contributed by atoms with van der Waals surface area (Å²) in [4.78, 5) is 11.9. The molecular weight excluding hydrogens is 208 g/mol. The lowest BCUT2D eigenvalue weighted by molar-refractivity contribution is -0.125. The topological polar surface area (TPSA) is 55.1 Å². The van der Waals surface area contributed by atoms with Crippen molar-refractivity contribution in [1.29, 1.82) is 0 Å². The molecule has 0 aromatic rings. The van der Waals surface area contributed by atoms with E-state index in [2.05, 4.69) is 5.32 Å². The first-order valence-corrected chi connectivity index (χ1v) is 7.06. The highest BCUT2D eigenvalue weighted by Gasteiger charge is 2.31. The summed E-state index contributed by atoms with van der Waals surface area (Å²) in [5, 5.41) is 3.15. The summed E-state index contributed by atoms with van der Waals surface area (Å²) >= 11 is 1.94. The molecule has 1 aliphatic carbocycles. The lowest BCUT2D eigenvalue weighted by Crippen LogP contribution is -2.45. The van der Waals surface area contributed by atoms with Crippen LogP contribution in [0.3, 0.4) is 0 Å². The first-order valence-electron chi connectivity index (χ1n) is 5.91. The summed E-state index contributed by atoms with van der Waals surface area (Å²) < 4.78 is 0. The monoisotopic (exact) mass is 228 g/mol. The van der Waals surface area contributed by atoms with Crippen LogP contribution >= 0.6 is 11.8 Å². The van der Waals surface area contributed by atoms with E-state index in [1.54, 1.807) is 0 Å². The summed E-state index contributed by atoms with van der Waals surface area (Å²) in [5.41, 5.74) is 5.92. The quantitative estimate of drug-likeness (QED) is 0.745. The summed E-state index contributed by atoms with van der Waals surface area (Å²) in [7, 11) is 0. The van der Waals surface area contributed by atoms with E-state index in [9.17, 15) is 4.79 Å². The standard InChI is InChI=1S/C11H20N2OS/c12-10-5-1-4-9(10)11(14)13-8-3-2-6-15-7-8/h8-10H,1-7,12H2,(H,13,14). The number of thioether (sulfide) groups is 1. The number of carbonyl (C=O) groups is 1. The Morgan fingerprint density at radius 2 is 2.13 bits per heavy atom. The van der Waals surface area contributed by atoms with Crippen molar-refractivity contribution in [1.82, 2.24) is 5.32 Å². The minimum atomic E-state index is 0.0805. The van der Waals surface area contributed by atoms with Gasteiger partial charge < -0.3 is 11.1 Å². The molecule has 2 aliphatic rings. The molecule has 1 saturated carbocycles. The Labute approximate surface area is 95.6 Å². The van der Waals surface area contributed by atoms with E-state index in [0.29, 0.717) is 6.04 Å². The molecule has 3 N–H and O–H groups in total. The number of rotatable bonds is 2. The molecule has 0 bridgehead atoms. The van der Waals surface area contributed by atoms with Crippen molar-refractivity contribution >= 4 is 17.7 Å². The molecule has 3 unspecified atom stereocenters. The fourth-order valence-corrected chi connectivity index (χ4v) is 3.55. The average molecular weight is 228 g/mol. The molecule has 0 aromatic heterocycles. The average Bonchev–Trinajstić information content (AvgIpc) is 2.66. The van der Waals surface area contributed by atoms with Crippen LogP contribution in [0.4, 0.5) is 0 Å². The van der Waals surface area contributed by atoms with Crippen molar-refractivity contribution in [2.75, 3.05) is 11.5 Å².